The molecule has 92 valence electrons. The number of carbonyl (C=O) groups is 1. The molecule has 0 N–H and O–H groups in total. The fourth-order valence-corrected chi connectivity index (χ4v) is 1.95. The molecule has 0 saturated heterocycles. The number of cyclic esters (lactones) is 1. The van der Waals surface area contributed by atoms with Gasteiger partial charge in [0, 0.05) is 10.0 Å². The molecule has 1 aromatic carbocycles. The van der Waals surface area contributed by atoms with E-state index in [0.717, 1.165) is 0 Å². The lowest BCUT2D eigenvalue weighted by Gasteiger charge is -2.11. The highest BCUT2D eigenvalue weighted by Crippen LogP contribution is 2.33. The number of halogens is 4. The van der Waals surface area contributed by atoms with E-state index >= 15 is 0 Å². The zero-order valence-electron chi connectivity index (χ0n) is 8.31. The van der Waals surface area contributed by atoms with E-state index in [1.165, 1.54) is 6.07 Å². The van der Waals surface area contributed by atoms with E-state index in [2.05, 4.69) is 20.7 Å². The van der Waals surface area contributed by atoms with Crippen molar-refractivity contribution in [1.29, 1.82) is 0 Å². The largest absolute Gasteiger partial charge is 0.483 e. The van der Waals surface area contributed by atoms with Crippen molar-refractivity contribution in [2.45, 2.75) is 12.8 Å². The summed E-state index contributed by atoms with van der Waals surface area (Å²) in [5.74, 6) is -0.779. The third-order valence-corrected chi connectivity index (χ3v) is 2.56. The van der Waals surface area contributed by atoms with E-state index in [1.807, 2.05) is 0 Å². The minimum Gasteiger partial charge on any atom is -0.483 e. The van der Waals surface area contributed by atoms with Crippen LogP contribution >= 0.6 is 15.9 Å². The van der Waals surface area contributed by atoms with Crippen LogP contribution in [0.4, 0.5) is 13.2 Å². The average Bonchev–Trinajstić information content (AvgIpc) is 2.55. The first kappa shape index (κ1) is 12.2. The first-order valence-corrected chi connectivity index (χ1v) is 5.35. The van der Waals surface area contributed by atoms with Crippen LogP contribution in [0.3, 0.4) is 0 Å². The van der Waals surface area contributed by atoms with Crippen molar-refractivity contribution in [3.05, 3.63) is 27.7 Å². The Morgan fingerprint density at radius 3 is 2.76 bits per heavy atom. The van der Waals surface area contributed by atoms with Gasteiger partial charge >= 0.3 is 12.1 Å². The Morgan fingerprint density at radius 1 is 1.41 bits per heavy atom. The maximum Gasteiger partial charge on any atom is 0.422 e. The van der Waals surface area contributed by atoms with Crippen LogP contribution in [-0.2, 0) is 11.3 Å². The number of alkyl halides is 3. The number of benzene rings is 1. The van der Waals surface area contributed by atoms with Crippen LogP contribution in [0.1, 0.15) is 15.9 Å². The Balaban J connectivity index is 2.31. The van der Waals surface area contributed by atoms with Crippen LogP contribution in [0.15, 0.2) is 16.6 Å². The maximum absolute atomic E-state index is 12.0. The highest BCUT2D eigenvalue weighted by molar-refractivity contribution is 9.10. The van der Waals surface area contributed by atoms with E-state index in [1.54, 1.807) is 6.07 Å². The molecule has 17 heavy (non-hydrogen) atoms. The Hall–Kier alpha value is -1.24. The van der Waals surface area contributed by atoms with Gasteiger partial charge in [0.25, 0.3) is 0 Å². The first-order chi connectivity index (χ1) is 7.87. The van der Waals surface area contributed by atoms with E-state index in [4.69, 9.17) is 4.74 Å². The SMILES string of the molecule is O=C1OCc2cc(Br)cc(OCC(F)(F)F)c21. The number of rotatable bonds is 2. The molecule has 0 atom stereocenters. The van der Waals surface area contributed by atoms with Crippen LogP contribution in [-0.4, -0.2) is 18.8 Å². The summed E-state index contributed by atoms with van der Waals surface area (Å²) in [6.45, 7) is -1.39. The Morgan fingerprint density at radius 2 is 2.12 bits per heavy atom. The van der Waals surface area contributed by atoms with Gasteiger partial charge in [-0.3, -0.25) is 0 Å². The van der Waals surface area contributed by atoms with E-state index in [0.29, 0.717) is 10.0 Å². The highest BCUT2D eigenvalue weighted by atomic mass is 79.9. The summed E-state index contributed by atoms with van der Waals surface area (Å²) in [7, 11) is 0. The molecule has 1 aliphatic rings. The topological polar surface area (TPSA) is 35.5 Å². The van der Waals surface area contributed by atoms with Crippen molar-refractivity contribution in [2.24, 2.45) is 0 Å². The van der Waals surface area contributed by atoms with Gasteiger partial charge in [0.2, 0.25) is 0 Å². The summed E-state index contributed by atoms with van der Waals surface area (Å²) in [6, 6.07) is 2.93. The van der Waals surface area contributed by atoms with Crippen molar-refractivity contribution < 1.29 is 27.4 Å². The number of fused-ring (bicyclic) bond motifs is 1. The summed E-state index contributed by atoms with van der Waals surface area (Å²) < 4.78 is 46.0. The molecule has 0 amide bonds. The van der Waals surface area contributed by atoms with Crippen LogP contribution < -0.4 is 4.74 Å². The number of esters is 1. The quantitative estimate of drug-likeness (QED) is 0.788. The Labute approximate surface area is 103 Å². The summed E-state index contributed by atoms with van der Waals surface area (Å²) in [6.07, 6.45) is -4.45. The molecule has 0 unspecified atom stereocenters. The molecule has 7 heteroatoms. The average molecular weight is 311 g/mol. The summed E-state index contributed by atoms with van der Waals surface area (Å²) in [4.78, 5) is 11.3. The van der Waals surface area contributed by atoms with Crippen molar-refractivity contribution in [3.63, 3.8) is 0 Å². The van der Waals surface area contributed by atoms with Crippen LogP contribution in [0.5, 0.6) is 5.75 Å². The molecule has 1 heterocycles. The molecule has 1 aliphatic heterocycles. The summed E-state index contributed by atoms with van der Waals surface area (Å²) in [5.41, 5.74) is 0.582. The lowest BCUT2D eigenvalue weighted by Crippen LogP contribution is -2.20. The van der Waals surface area contributed by atoms with Gasteiger partial charge in [-0.05, 0) is 12.1 Å². The fraction of sp³-hybridized carbons (Fsp3) is 0.300. The van der Waals surface area contributed by atoms with Crippen molar-refractivity contribution in [1.82, 2.24) is 0 Å². The third-order valence-electron chi connectivity index (χ3n) is 2.10. The fourth-order valence-electron chi connectivity index (χ4n) is 1.47. The monoisotopic (exact) mass is 310 g/mol. The Kier molecular flexibility index (Phi) is 3.03. The predicted molar refractivity (Wildman–Crippen MR) is 54.8 cm³/mol. The molecule has 0 spiro atoms. The second-order valence-electron chi connectivity index (χ2n) is 3.42. The Bertz CT molecular complexity index is 471. The minimum absolute atomic E-state index is 0.0516. The summed E-state index contributed by atoms with van der Waals surface area (Å²) >= 11 is 3.13. The first-order valence-electron chi connectivity index (χ1n) is 4.56. The highest BCUT2D eigenvalue weighted by Gasteiger charge is 2.31. The van der Waals surface area contributed by atoms with Crippen molar-refractivity contribution in [3.8, 4) is 5.75 Å². The predicted octanol–water partition coefficient (Wildman–Crippen LogP) is 3.06. The molecule has 0 bridgehead atoms. The maximum atomic E-state index is 12.0. The number of carbonyl (C=O) groups excluding carboxylic acids is 1. The van der Waals surface area contributed by atoms with Gasteiger partial charge < -0.3 is 9.47 Å². The van der Waals surface area contributed by atoms with Crippen molar-refractivity contribution >= 4 is 21.9 Å². The molecule has 0 aromatic heterocycles. The third kappa shape index (κ3) is 2.71. The molecule has 0 saturated carbocycles. The molecular weight excluding hydrogens is 305 g/mol. The second-order valence-corrected chi connectivity index (χ2v) is 4.33. The zero-order valence-corrected chi connectivity index (χ0v) is 9.89. The standard InChI is InChI=1S/C10H6BrF3O3/c11-6-1-5-3-16-9(15)8(5)7(2-6)17-4-10(12,13)14/h1-2H,3-4H2. The van der Waals surface area contributed by atoms with Crippen LogP contribution in [0.2, 0.25) is 0 Å². The van der Waals surface area contributed by atoms with Gasteiger partial charge in [-0.15, -0.1) is 0 Å². The lowest BCUT2D eigenvalue weighted by atomic mass is 10.1. The molecule has 0 fully saturated rings. The molecule has 3 nitrogen and oxygen atoms in total. The molecule has 0 aliphatic carbocycles. The normalized spacial score (nSPS) is 14.5. The second kappa shape index (κ2) is 4.21. The van der Waals surface area contributed by atoms with Gasteiger partial charge in [0.05, 0.1) is 0 Å². The number of ether oxygens (including phenoxy) is 2. The van der Waals surface area contributed by atoms with Gasteiger partial charge in [-0.2, -0.15) is 13.2 Å². The molecule has 1 aromatic rings. The van der Waals surface area contributed by atoms with E-state index in [-0.39, 0.29) is 17.9 Å². The molecule has 0 radical (unpaired) electrons. The van der Waals surface area contributed by atoms with E-state index < -0.39 is 18.8 Å². The van der Waals surface area contributed by atoms with Gasteiger partial charge in [-0.1, -0.05) is 15.9 Å². The van der Waals surface area contributed by atoms with Crippen molar-refractivity contribution in [2.75, 3.05) is 6.61 Å². The zero-order chi connectivity index (χ0) is 12.6. The smallest absolute Gasteiger partial charge is 0.422 e. The number of hydrogen-bond donors (Lipinski definition) is 0. The molecule has 2 rings (SSSR count). The summed E-state index contributed by atoms with van der Waals surface area (Å²) in [5, 5.41) is 0. The minimum atomic E-state index is -4.45. The number of hydrogen-bond acceptors (Lipinski definition) is 3. The van der Waals surface area contributed by atoms with Crippen LogP contribution in [0, 0.1) is 0 Å². The van der Waals surface area contributed by atoms with Gasteiger partial charge in [0.15, 0.2) is 6.61 Å². The van der Waals surface area contributed by atoms with Gasteiger partial charge in [0.1, 0.15) is 17.9 Å². The van der Waals surface area contributed by atoms with E-state index in [9.17, 15) is 18.0 Å². The lowest BCUT2D eigenvalue weighted by molar-refractivity contribution is -0.153. The molecular formula is C10H6BrF3O3. The van der Waals surface area contributed by atoms with Crippen LogP contribution in [0.25, 0.3) is 0 Å². The van der Waals surface area contributed by atoms with Gasteiger partial charge in [-0.25, -0.2) is 4.79 Å².